The zero-order valence-corrected chi connectivity index (χ0v) is 17.5. The van der Waals surface area contributed by atoms with Gasteiger partial charge in [0.05, 0.1) is 19.2 Å². The van der Waals surface area contributed by atoms with E-state index in [0.29, 0.717) is 40.7 Å². The van der Waals surface area contributed by atoms with E-state index < -0.39 is 5.82 Å². The maximum absolute atomic E-state index is 14.2. The van der Waals surface area contributed by atoms with Gasteiger partial charge in [-0.25, -0.2) is 4.39 Å². The van der Waals surface area contributed by atoms with Crippen LogP contribution in [0.4, 0.5) is 10.1 Å². The molecule has 1 fully saturated rings. The van der Waals surface area contributed by atoms with Crippen LogP contribution < -0.4 is 14.2 Å². The number of nitrogens with zero attached hydrogens (tertiary/aromatic N) is 3. The van der Waals surface area contributed by atoms with Gasteiger partial charge in [-0.2, -0.15) is 0 Å². The van der Waals surface area contributed by atoms with Crippen molar-refractivity contribution < 1.29 is 18.6 Å². The molecular formula is C23H24FN3O4. The Morgan fingerprint density at radius 3 is 2.61 bits per heavy atom. The topological polar surface area (TPSA) is 73.2 Å². The summed E-state index contributed by atoms with van der Waals surface area (Å²) in [6.07, 6.45) is 3.80. The van der Waals surface area contributed by atoms with Gasteiger partial charge in [0.2, 0.25) is 0 Å². The molecule has 1 aliphatic rings. The summed E-state index contributed by atoms with van der Waals surface area (Å²) in [5.74, 6) is 1.40. The van der Waals surface area contributed by atoms with Crippen molar-refractivity contribution in [3.63, 3.8) is 0 Å². The van der Waals surface area contributed by atoms with Crippen molar-refractivity contribution in [2.75, 3.05) is 33.9 Å². The summed E-state index contributed by atoms with van der Waals surface area (Å²) >= 11 is 0. The van der Waals surface area contributed by atoms with Crippen molar-refractivity contribution in [1.82, 2.24) is 9.88 Å². The Morgan fingerprint density at radius 1 is 1.10 bits per heavy atom. The minimum Gasteiger partial charge on any atom is -0.493 e. The number of halogens is 1. The van der Waals surface area contributed by atoms with Crippen LogP contribution in [-0.2, 0) is 0 Å². The van der Waals surface area contributed by atoms with Crippen molar-refractivity contribution in [2.45, 2.75) is 12.8 Å². The Labute approximate surface area is 179 Å². The molecule has 3 aromatic rings. The summed E-state index contributed by atoms with van der Waals surface area (Å²) < 4.78 is 31.6. The highest BCUT2D eigenvalue weighted by Gasteiger charge is 2.19. The average molecular weight is 425 g/mol. The van der Waals surface area contributed by atoms with Gasteiger partial charge in [0, 0.05) is 23.7 Å². The van der Waals surface area contributed by atoms with Gasteiger partial charge < -0.3 is 19.1 Å². The molecule has 0 bridgehead atoms. The fourth-order valence-corrected chi connectivity index (χ4v) is 3.67. The number of ether oxygens (including phenoxy) is 3. The summed E-state index contributed by atoms with van der Waals surface area (Å²) in [7, 11) is 3.71. The predicted molar refractivity (Wildman–Crippen MR) is 116 cm³/mol. The highest BCUT2D eigenvalue weighted by molar-refractivity contribution is 5.88. The van der Waals surface area contributed by atoms with Crippen molar-refractivity contribution in [2.24, 2.45) is 11.1 Å². The van der Waals surface area contributed by atoms with Gasteiger partial charge in [0.15, 0.2) is 23.1 Å². The molecule has 1 saturated heterocycles. The first-order valence-corrected chi connectivity index (χ1v) is 10.2. The van der Waals surface area contributed by atoms with Crippen LogP contribution in [0.1, 0.15) is 12.8 Å². The van der Waals surface area contributed by atoms with Crippen molar-refractivity contribution in [3.05, 3.63) is 53.3 Å². The van der Waals surface area contributed by atoms with Gasteiger partial charge in [0.1, 0.15) is 11.4 Å². The Bertz CT molecular complexity index is 1080. The SMILES string of the molecule is COc1cc2c(Oc3ccc(N=O)cc3F)ccnc2cc1OCC1CCN(C)CC1. The molecule has 0 N–H and O–H groups in total. The molecule has 0 unspecified atom stereocenters. The number of aromatic nitrogens is 1. The highest BCUT2D eigenvalue weighted by Crippen LogP contribution is 2.38. The van der Waals surface area contributed by atoms with Crippen LogP contribution in [0.3, 0.4) is 0 Å². The lowest BCUT2D eigenvalue weighted by Crippen LogP contribution is -2.32. The van der Waals surface area contributed by atoms with Crippen LogP contribution in [0.15, 0.2) is 47.8 Å². The van der Waals surface area contributed by atoms with Crippen LogP contribution in [0.25, 0.3) is 10.9 Å². The Hall–Kier alpha value is -3.26. The monoisotopic (exact) mass is 425 g/mol. The molecule has 162 valence electrons. The molecule has 2 aromatic carbocycles. The first-order chi connectivity index (χ1) is 15.1. The minimum absolute atomic E-state index is 0.00231. The second-order valence-electron chi connectivity index (χ2n) is 7.70. The Morgan fingerprint density at radius 2 is 1.90 bits per heavy atom. The Balaban J connectivity index is 1.58. The number of methoxy groups -OCH3 is 1. The van der Waals surface area contributed by atoms with Gasteiger partial charge in [-0.05, 0) is 68.3 Å². The maximum Gasteiger partial charge on any atom is 0.167 e. The first-order valence-electron chi connectivity index (χ1n) is 10.2. The zero-order chi connectivity index (χ0) is 21.8. The third-order valence-electron chi connectivity index (χ3n) is 5.54. The quantitative estimate of drug-likeness (QED) is 0.479. The van der Waals surface area contributed by atoms with E-state index in [2.05, 4.69) is 22.1 Å². The number of hydrogen-bond acceptors (Lipinski definition) is 7. The lowest BCUT2D eigenvalue weighted by Gasteiger charge is -2.28. The molecular weight excluding hydrogens is 401 g/mol. The van der Waals surface area contributed by atoms with E-state index in [4.69, 9.17) is 14.2 Å². The lowest BCUT2D eigenvalue weighted by atomic mass is 9.98. The van der Waals surface area contributed by atoms with Crippen LogP contribution in [0, 0.1) is 16.6 Å². The smallest absolute Gasteiger partial charge is 0.167 e. The summed E-state index contributed by atoms with van der Waals surface area (Å²) in [5.41, 5.74) is 0.640. The fraction of sp³-hybridized carbons (Fsp3) is 0.348. The molecule has 31 heavy (non-hydrogen) atoms. The molecule has 0 amide bonds. The molecule has 0 aliphatic carbocycles. The van der Waals surface area contributed by atoms with E-state index in [0.717, 1.165) is 32.0 Å². The highest BCUT2D eigenvalue weighted by atomic mass is 19.1. The number of fused-ring (bicyclic) bond motifs is 1. The van der Waals surface area contributed by atoms with Crippen molar-refractivity contribution in [3.8, 4) is 23.0 Å². The number of pyridine rings is 1. The number of likely N-dealkylation sites (tertiary alicyclic amines) is 1. The molecule has 1 aromatic heterocycles. The number of piperidine rings is 1. The third-order valence-corrected chi connectivity index (χ3v) is 5.54. The van der Waals surface area contributed by atoms with Gasteiger partial charge >= 0.3 is 0 Å². The van der Waals surface area contributed by atoms with Gasteiger partial charge in [0.25, 0.3) is 0 Å². The largest absolute Gasteiger partial charge is 0.493 e. The second-order valence-corrected chi connectivity index (χ2v) is 7.70. The van der Waals surface area contributed by atoms with E-state index in [-0.39, 0.29) is 11.4 Å². The first kappa shape index (κ1) is 21.0. The lowest BCUT2D eigenvalue weighted by molar-refractivity contribution is 0.157. The standard InChI is InChI=1S/C23H24FN3O4/c1-27-9-6-15(7-10-27)14-30-23-13-19-17(12-22(23)29-2)20(5-8-25-19)31-21-4-3-16(26-28)11-18(21)24/h3-5,8,11-13,15H,6-7,9-10,14H2,1-2H3. The van der Waals surface area contributed by atoms with Crippen molar-refractivity contribution in [1.29, 1.82) is 0 Å². The predicted octanol–water partition coefficient (Wildman–Crippen LogP) is 5.29. The van der Waals surface area contributed by atoms with E-state index in [1.165, 1.54) is 12.1 Å². The van der Waals surface area contributed by atoms with E-state index in [9.17, 15) is 9.30 Å². The van der Waals surface area contributed by atoms with Gasteiger partial charge in [-0.1, -0.05) is 0 Å². The van der Waals surface area contributed by atoms with Crippen molar-refractivity contribution >= 4 is 16.6 Å². The summed E-state index contributed by atoms with van der Waals surface area (Å²) in [5, 5.41) is 3.38. The molecule has 7 nitrogen and oxygen atoms in total. The number of hydrogen-bond donors (Lipinski definition) is 0. The number of rotatable bonds is 7. The maximum atomic E-state index is 14.2. The van der Waals surface area contributed by atoms with Crippen LogP contribution in [0.5, 0.6) is 23.0 Å². The molecule has 0 radical (unpaired) electrons. The average Bonchev–Trinajstić information content (AvgIpc) is 2.79. The van der Waals surface area contributed by atoms with Crippen LogP contribution in [0.2, 0.25) is 0 Å². The molecule has 0 saturated carbocycles. The fourth-order valence-electron chi connectivity index (χ4n) is 3.67. The van der Waals surface area contributed by atoms with Crippen LogP contribution in [-0.4, -0.2) is 43.7 Å². The van der Waals surface area contributed by atoms with Gasteiger partial charge in [-0.15, -0.1) is 4.91 Å². The van der Waals surface area contributed by atoms with E-state index >= 15 is 0 Å². The molecule has 4 rings (SSSR count). The molecule has 2 heterocycles. The van der Waals surface area contributed by atoms with E-state index in [1.54, 1.807) is 25.4 Å². The zero-order valence-electron chi connectivity index (χ0n) is 17.5. The van der Waals surface area contributed by atoms with Crippen LogP contribution >= 0.6 is 0 Å². The number of nitroso groups, excluding NO2 is 1. The molecule has 1 aliphatic heterocycles. The molecule has 0 spiro atoms. The summed E-state index contributed by atoms with van der Waals surface area (Å²) in [6, 6.07) is 9.03. The minimum atomic E-state index is -0.674. The summed E-state index contributed by atoms with van der Waals surface area (Å²) in [4.78, 5) is 17.3. The second kappa shape index (κ2) is 9.26. The normalized spacial score (nSPS) is 15.1. The van der Waals surface area contributed by atoms with E-state index in [1.807, 2.05) is 6.07 Å². The Kier molecular flexibility index (Phi) is 6.27. The molecule has 0 atom stereocenters. The number of benzene rings is 2. The third kappa shape index (κ3) is 4.74. The molecule has 8 heteroatoms. The van der Waals surface area contributed by atoms with Gasteiger partial charge in [-0.3, -0.25) is 4.98 Å². The summed E-state index contributed by atoms with van der Waals surface area (Å²) in [6.45, 7) is 2.77.